The van der Waals surface area contributed by atoms with Crippen LogP contribution in [0.5, 0.6) is 5.75 Å². The van der Waals surface area contributed by atoms with Gasteiger partial charge in [-0.25, -0.2) is 17.8 Å². The summed E-state index contributed by atoms with van der Waals surface area (Å²) in [5, 5.41) is 0. The zero-order chi connectivity index (χ0) is 21.9. The Kier molecular flexibility index (Phi) is 6.46. The SMILES string of the molecule is COc1c(I)cc(-n2c(=O)cc[nH]c2=O)cc1/C=C/c1ccc(NS(C)(=O)=O)cc1. The first kappa shape index (κ1) is 21.8. The molecule has 0 aliphatic rings. The maximum Gasteiger partial charge on any atom is 0.332 e. The standard InChI is InChI=1S/C20H18IN3O5S/c1-29-19-14(6-3-13-4-7-15(8-5-13)23-30(2,27)28)11-16(12-17(19)21)24-18(25)9-10-22-20(24)26/h3-12,23H,1-2H3,(H,22,26)/b6-3+. The van der Waals surface area contributed by atoms with E-state index in [1.807, 2.05) is 6.08 Å². The second-order valence-electron chi connectivity index (χ2n) is 6.34. The highest BCUT2D eigenvalue weighted by atomic mass is 127. The number of aromatic nitrogens is 2. The monoisotopic (exact) mass is 539 g/mol. The van der Waals surface area contributed by atoms with E-state index in [1.165, 1.54) is 12.3 Å². The van der Waals surface area contributed by atoms with E-state index < -0.39 is 21.3 Å². The zero-order valence-electron chi connectivity index (χ0n) is 16.0. The lowest BCUT2D eigenvalue weighted by Crippen LogP contribution is -2.32. The zero-order valence-corrected chi connectivity index (χ0v) is 19.0. The highest BCUT2D eigenvalue weighted by Gasteiger charge is 2.12. The van der Waals surface area contributed by atoms with Crippen LogP contribution in [-0.2, 0) is 10.0 Å². The Labute approximate surface area is 186 Å². The quantitative estimate of drug-likeness (QED) is 0.370. The van der Waals surface area contributed by atoms with Crippen molar-refractivity contribution in [2.75, 3.05) is 18.1 Å². The van der Waals surface area contributed by atoms with Gasteiger partial charge in [0.25, 0.3) is 5.56 Å². The minimum absolute atomic E-state index is 0.416. The Morgan fingerprint density at radius 1 is 1.10 bits per heavy atom. The van der Waals surface area contributed by atoms with Gasteiger partial charge in [0, 0.05) is 23.5 Å². The molecule has 2 aromatic carbocycles. The van der Waals surface area contributed by atoms with Gasteiger partial charge in [0.1, 0.15) is 5.75 Å². The first-order valence-corrected chi connectivity index (χ1v) is 11.6. The van der Waals surface area contributed by atoms with Crippen LogP contribution in [0.3, 0.4) is 0 Å². The summed E-state index contributed by atoms with van der Waals surface area (Å²) in [5.74, 6) is 0.603. The Hall–Kier alpha value is -2.86. The molecule has 3 aromatic rings. The van der Waals surface area contributed by atoms with E-state index >= 15 is 0 Å². The van der Waals surface area contributed by atoms with Crippen molar-refractivity contribution in [1.29, 1.82) is 0 Å². The predicted octanol–water partition coefficient (Wildman–Crippen LogP) is 2.68. The maximum atomic E-state index is 12.2. The number of benzene rings is 2. The topological polar surface area (TPSA) is 110 Å². The summed E-state index contributed by atoms with van der Waals surface area (Å²) in [6.07, 6.45) is 6.01. The van der Waals surface area contributed by atoms with Crippen molar-refractivity contribution >= 4 is 50.5 Å². The summed E-state index contributed by atoms with van der Waals surface area (Å²) in [6, 6.07) is 11.5. The molecule has 3 rings (SSSR count). The van der Waals surface area contributed by atoms with Crippen molar-refractivity contribution in [2.24, 2.45) is 0 Å². The highest BCUT2D eigenvalue weighted by molar-refractivity contribution is 14.1. The number of aromatic amines is 1. The molecule has 1 heterocycles. The van der Waals surface area contributed by atoms with Gasteiger partial charge in [-0.3, -0.25) is 9.52 Å². The lowest BCUT2D eigenvalue weighted by Gasteiger charge is -2.12. The molecule has 0 fully saturated rings. The summed E-state index contributed by atoms with van der Waals surface area (Å²) in [5.41, 5.74) is 1.40. The first-order valence-electron chi connectivity index (χ1n) is 8.62. The molecule has 0 aliphatic carbocycles. The largest absolute Gasteiger partial charge is 0.495 e. The number of rotatable bonds is 6. The van der Waals surface area contributed by atoms with Crippen LogP contribution in [-0.4, -0.2) is 31.3 Å². The molecule has 0 saturated heterocycles. The molecular weight excluding hydrogens is 521 g/mol. The van der Waals surface area contributed by atoms with E-state index in [2.05, 4.69) is 32.3 Å². The van der Waals surface area contributed by atoms with Gasteiger partial charge < -0.3 is 9.72 Å². The predicted molar refractivity (Wildman–Crippen MR) is 126 cm³/mol. The number of methoxy groups -OCH3 is 1. The van der Waals surface area contributed by atoms with E-state index in [9.17, 15) is 18.0 Å². The van der Waals surface area contributed by atoms with Crippen LogP contribution in [0.4, 0.5) is 5.69 Å². The number of halogens is 1. The van der Waals surface area contributed by atoms with Gasteiger partial charge >= 0.3 is 5.69 Å². The molecule has 1 aromatic heterocycles. The Morgan fingerprint density at radius 2 is 1.80 bits per heavy atom. The van der Waals surface area contributed by atoms with Crippen LogP contribution < -0.4 is 20.7 Å². The Balaban J connectivity index is 2.00. The molecule has 156 valence electrons. The molecule has 2 N–H and O–H groups in total. The van der Waals surface area contributed by atoms with E-state index in [0.29, 0.717) is 22.7 Å². The molecule has 0 unspecified atom stereocenters. The van der Waals surface area contributed by atoms with Gasteiger partial charge in [-0.15, -0.1) is 0 Å². The lowest BCUT2D eigenvalue weighted by molar-refractivity contribution is 0.411. The van der Waals surface area contributed by atoms with Crippen molar-refractivity contribution < 1.29 is 13.2 Å². The van der Waals surface area contributed by atoms with Crippen molar-refractivity contribution in [3.8, 4) is 11.4 Å². The second kappa shape index (κ2) is 8.88. The average Bonchev–Trinajstić information content (AvgIpc) is 2.66. The molecule has 10 heteroatoms. The third-order valence-electron chi connectivity index (χ3n) is 4.04. The van der Waals surface area contributed by atoms with Crippen molar-refractivity contribution in [2.45, 2.75) is 0 Å². The molecule has 0 amide bonds. The molecule has 0 bridgehead atoms. The number of nitrogens with zero attached hydrogens (tertiary/aromatic N) is 1. The van der Waals surface area contributed by atoms with E-state index in [1.54, 1.807) is 49.6 Å². The number of ether oxygens (including phenoxy) is 1. The van der Waals surface area contributed by atoms with Gasteiger partial charge in [-0.2, -0.15) is 0 Å². The first-order chi connectivity index (χ1) is 14.2. The van der Waals surface area contributed by atoms with E-state index in [4.69, 9.17) is 4.74 Å². The van der Waals surface area contributed by atoms with E-state index in [0.717, 1.165) is 20.0 Å². The normalized spacial score (nSPS) is 11.6. The van der Waals surface area contributed by atoms with Crippen LogP contribution in [0, 0.1) is 3.57 Å². The summed E-state index contributed by atoms with van der Waals surface area (Å²) in [7, 11) is -1.80. The fourth-order valence-corrected chi connectivity index (χ4v) is 4.21. The van der Waals surface area contributed by atoms with Gasteiger partial charge in [0.15, 0.2) is 0 Å². The summed E-state index contributed by atoms with van der Waals surface area (Å²) < 4.78 is 32.3. The lowest BCUT2D eigenvalue weighted by atomic mass is 10.1. The molecule has 0 aliphatic heterocycles. The van der Waals surface area contributed by atoms with Crippen molar-refractivity contribution in [3.63, 3.8) is 0 Å². The molecule has 0 spiro atoms. The average molecular weight is 539 g/mol. The van der Waals surface area contributed by atoms with Crippen LogP contribution in [0.1, 0.15) is 11.1 Å². The molecular formula is C20H18IN3O5S. The molecule has 8 nitrogen and oxygen atoms in total. The summed E-state index contributed by atoms with van der Waals surface area (Å²) in [4.78, 5) is 26.8. The number of anilines is 1. The number of sulfonamides is 1. The second-order valence-corrected chi connectivity index (χ2v) is 9.25. The molecule has 0 saturated carbocycles. The smallest absolute Gasteiger partial charge is 0.332 e. The number of hydrogen-bond donors (Lipinski definition) is 2. The molecule has 0 atom stereocenters. The van der Waals surface area contributed by atoms with Crippen LogP contribution in [0.25, 0.3) is 17.8 Å². The maximum absolute atomic E-state index is 12.2. The molecule has 30 heavy (non-hydrogen) atoms. The van der Waals surface area contributed by atoms with Crippen molar-refractivity contribution in [3.05, 3.63) is 84.2 Å². The Bertz CT molecular complexity index is 1300. The Morgan fingerprint density at radius 3 is 2.40 bits per heavy atom. The number of H-pyrrole nitrogens is 1. The fraction of sp³-hybridized carbons (Fsp3) is 0.100. The van der Waals surface area contributed by atoms with Crippen LogP contribution in [0.15, 0.2) is 58.3 Å². The highest BCUT2D eigenvalue weighted by Crippen LogP contribution is 2.30. The third-order valence-corrected chi connectivity index (χ3v) is 5.45. The van der Waals surface area contributed by atoms with Gasteiger partial charge in [0.2, 0.25) is 10.0 Å². The minimum Gasteiger partial charge on any atom is -0.495 e. The van der Waals surface area contributed by atoms with Crippen molar-refractivity contribution in [1.82, 2.24) is 9.55 Å². The minimum atomic E-state index is -3.34. The fourth-order valence-electron chi connectivity index (χ4n) is 2.80. The molecule has 0 radical (unpaired) electrons. The summed E-state index contributed by atoms with van der Waals surface area (Å²) in [6.45, 7) is 0. The third kappa shape index (κ3) is 5.19. The van der Waals surface area contributed by atoms with Gasteiger partial charge in [0.05, 0.1) is 22.6 Å². The number of nitrogens with one attached hydrogen (secondary N) is 2. The van der Waals surface area contributed by atoms with E-state index in [-0.39, 0.29) is 0 Å². The number of hydrogen-bond acceptors (Lipinski definition) is 5. The van der Waals surface area contributed by atoms with Gasteiger partial charge in [-0.1, -0.05) is 24.3 Å². The summed E-state index contributed by atoms with van der Waals surface area (Å²) >= 11 is 2.08. The van der Waals surface area contributed by atoms with Crippen LogP contribution >= 0.6 is 22.6 Å². The van der Waals surface area contributed by atoms with Crippen LogP contribution in [0.2, 0.25) is 0 Å². The van der Waals surface area contributed by atoms with Gasteiger partial charge in [-0.05, 0) is 52.4 Å².